The van der Waals surface area contributed by atoms with Crippen molar-refractivity contribution in [2.24, 2.45) is 0 Å². The first-order chi connectivity index (χ1) is 16.5. The fourth-order valence-corrected chi connectivity index (χ4v) is 3.88. The third-order valence-corrected chi connectivity index (χ3v) is 5.58. The molecule has 1 heterocycles. The van der Waals surface area contributed by atoms with Gasteiger partial charge >= 0.3 is 23.9 Å². The van der Waals surface area contributed by atoms with Crippen LogP contribution in [-0.4, -0.2) is 67.0 Å². The molecule has 1 N–H and O–H groups in total. The number of esters is 4. The van der Waals surface area contributed by atoms with Crippen molar-refractivity contribution in [1.29, 1.82) is 0 Å². The predicted molar refractivity (Wildman–Crippen MR) is 128 cm³/mol. The highest BCUT2D eigenvalue weighted by Crippen LogP contribution is 2.28. The fraction of sp³-hybridized carbons (Fsp3) is 0.435. The first kappa shape index (κ1) is 28.2. The summed E-state index contributed by atoms with van der Waals surface area (Å²) in [6, 6.07) is 7.37. The zero-order valence-electron chi connectivity index (χ0n) is 19.5. The molecule has 0 aromatic heterocycles. The number of nitrogens with one attached hydrogen (secondary N) is 1. The summed E-state index contributed by atoms with van der Waals surface area (Å²) in [4.78, 5) is 59.5. The van der Waals surface area contributed by atoms with E-state index in [1.165, 1.54) is 13.0 Å². The number of rotatable bonds is 8. The number of hydrogen-bond acceptors (Lipinski definition) is 10. The molecule has 12 heteroatoms. The molecule has 0 spiro atoms. The Balaban J connectivity index is 2.37. The van der Waals surface area contributed by atoms with Gasteiger partial charge in [-0.2, -0.15) is 0 Å². The summed E-state index contributed by atoms with van der Waals surface area (Å²) in [5.74, 6) is -3.51. The van der Waals surface area contributed by atoms with Gasteiger partial charge in [0, 0.05) is 37.3 Å². The number of carbonyl (C=O) groups excluding carboxylic acids is 5. The molecule has 1 aromatic rings. The zero-order chi connectivity index (χ0) is 26.1. The number of amides is 1. The molecule has 2 rings (SSSR count). The van der Waals surface area contributed by atoms with Gasteiger partial charge in [0.25, 0.3) is 0 Å². The van der Waals surface area contributed by atoms with Crippen LogP contribution in [0.1, 0.15) is 33.3 Å². The Hall–Kier alpha value is -3.00. The Morgan fingerprint density at radius 2 is 1.46 bits per heavy atom. The normalized spacial score (nSPS) is 23.7. The van der Waals surface area contributed by atoms with E-state index in [2.05, 4.69) is 27.9 Å². The molecule has 1 saturated heterocycles. The lowest BCUT2D eigenvalue weighted by Crippen LogP contribution is -2.66. The molecule has 0 saturated carbocycles. The maximum atomic E-state index is 12.7. The van der Waals surface area contributed by atoms with Crippen LogP contribution in [0, 0.1) is 3.57 Å². The van der Waals surface area contributed by atoms with Crippen LogP contribution in [0.2, 0.25) is 0 Å². The van der Waals surface area contributed by atoms with Crippen molar-refractivity contribution < 1.29 is 47.7 Å². The monoisotopic (exact) mass is 603 g/mol. The van der Waals surface area contributed by atoms with Crippen LogP contribution in [0.15, 0.2) is 30.3 Å². The Morgan fingerprint density at radius 1 is 0.886 bits per heavy atom. The Kier molecular flexibility index (Phi) is 10.6. The fourth-order valence-electron chi connectivity index (χ4n) is 3.31. The van der Waals surface area contributed by atoms with E-state index in [0.717, 1.165) is 29.9 Å². The maximum absolute atomic E-state index is 12.7. The minimum atomic E-state index is -1.37. The second kappa shape index (κ2) is 13.2. The molecule has 0 aliphatic carbocycles. The molecular formula is C23H26INO10. The average Bonchev–Trinajstić information content (AvgIpc) is 2.75. The second-order valence-corrected chi connectivity index (χ2v) is 8.65. The third kappa shape index (κ3) is 8.94. The van der Waals surface area contributed by atoms with E-state index >= 15 is 0 Å². The van der Waals surface area contributed by atoms with Crippen LogP contribution in [-0.2, 0) is 47.7 Å². The summed E-state index contributed by atoms with van der Waals surface area (Å²) in [6.07, 6.45) is -3.67. The van der Waals surface area contributed by atoms with Crippen LogP contribution in [0.25, 0.3) is 6.08 Å². The van der Waals surface area contributed by atoms with Crippen molar-refractivity contribution in [1.82, 2.24) is 5.32 Å². The molecule has 35 heavy (non-hydrogen) atoms. The molecule has 190 valence electrons. The van der Waals surface area contributed by atoms with Gasteiger partial charge in [-0.3, -0.25) is 24.0 Å². The summed E-state index contributed by atoms with van der Waals surface area (Å²) in [5.41, 5.74) is 0.796. The standard InChI is InChI=1S/C23H26INO10/c1-12(26)31-11-18-20(32-13(2)27)21(33-14(3)28)22(34-15(4)29)23(35-18)25-19(30)10-9-16-7-5-6-8-17(16)24/h5-10,18,20-23H,11H2,1-4H3,(H,25,30)/b10-9+/t18-,20-,21+,22-,23-/m1/s1. The Morgan fingerprint density at radius 3 is 2.03 bits per heavy atom. The molecule has 5 atom stereocenters. The van der Waals surface area contributed by atoms with Crippen LogP contribution >= 0.6 is 22.6 Å². The molecule has 1 aromatic carbocycles. The first-order valence-corrected chi connectivity index (χ1v) is 11.6. The summed E-state index contributed by atoms with van der Waals surface area (Å²) in [7, 11) is 0. The van der Waals surface area contributed by atoms with E-state index in [1.807, 2.05) is 24.3 Å². The smallest absolute Gasteiger partial charge is 0.303 e. The highest BCUT2D eigenvalue weighted by atomic mass is 127. The lowest BCUT2D eigenvalue weighted by molar-refractivity contribution is -0.256. The zero-order valence-corrected chi connectivity index (χ0v) is 21.7. The van der Waals surface area contributed by atoms with Crippen LogP contribution in [0.5, 0.6) is 0 Å². The van der Waals surface area contributed by atoms with Gasteiger partial charge in [-0.25, -0.2) is 0 Å². The number of ether oxygens (including phenoxy) is 5. The number of carbonyl (C=O) groups is 5. The number of hydrogen-bond donors (Lipinski definition) is 1. The van der Waals surface area contributed by atoms with E-state index in [9.17, 15) is 24.0 Å². The van der Waals surface area contributed by atoms with Crippen molar-refractivity contribution in [3.8, 4) is 0 Å². The van der Waals surface area contributed by atoms with Crippen molar-refractivity contribution in [3.63, 3.8) is 0 Å². The lowest BCUT2D eigenvalue weighted by atomic mass is 9.97. The number of benzene rings is 1. The van der Waals surface area contributed by atoms with Crippen molar-refractivity contribution >= 4 is 58.5 Å². The quantitative estimate of drug-likeness (QED) is 0.201. The molecule has 11 nitrogen and oxygen atoms in total. The van der Waals surface area contributed by atoms with Gasteiger partial charge in [0.2, 0.25) is 5.91 Å². The minimum absolute atomic E-state index is 0.387. The molecule has 0 radical (unpaired) electrons. The Labute approximate surface area is 215 Å². The summed E-state index contributed by atoms with van der Waals surface area (Å²) < 4.78 is 27.7. The van der Waals surface area contributed by atoms with Crippen molar-refractivity contribution in [3.05, 3.63) is 39.5 Å². The molecule has 1 fully saturated rings. The van der Waals surface area contributed by atoms with E-state index in [-0.39, 0.29) is 6.61 Å². The summed E-state index contributed by atoms with van der Waals surface area (Å²) in [6.45, 7) is 4.14. The molecule has 1 amide bonds. The van der Waals surface area contributed by atoms with E-state index in [0.29, 0.717) is 0 Å². The van der Waals surface area contributed by atoms with E-state index < -0.39 is 60.4 Å². The van der Waals surface area contributed by atoms with E-state index in [4.69, 9.17) is 23.7 Å². The van der Waals surface area contributed by atoms with E-state index in [1.54, 1.807) is 6.08 Å². The van der Waals surface area contributed by atoms with Gasteiger partial charge in [0.15, 0.2) is 24.5 Å². The topological polar surface area (TPSA) is 144 Å². The van der Waals surface area contributed by atoms with Crippen molar-refractivity contribution in [2.45, 2.75) is 58.3 Å². The van der Waals surface area contributed by atoms with Crippen LogP contribution < -0.4 is 5.32 Å². The van der Waals surface area contributed by atoms with Gasteiger partial charge in [-0.05, 0) is 40.3 Å². The maximum Gasteiger partial charge on any atom is 0.303 e. The summed E-state index contributed by atoms with van der Waals surface area (Å²) in [5, 5.41) is 2.56. The predicted octanol–water partition coefficient (Wildman–Crippen LogP) is 1.50. The lowest BCUT2D eigenvalue weighted by Gasteiger charge is -2.44. The minimum Gasteiger partial charge on any atom is -0.463 e. The molecule has 0 unspecified atom stereocenters. The van der Waals surface area contributed by atoms with Crippen LogP contribution in [0.4, 0.5) is 0 Å². The second-order valence-electron chi connectivity index (χ2n) is 7.48. The highest BCUT2D eigenvalue weighted by molar-refractivity contribution is 14.1. The molecular weight excluding hydrogens is 577 g/mol. The average molecular weight is 603 g/mol. The molecule has 1 aliphatic rings. The third-order valence-electron chi connectivity index (χ3n) is 4.59. The largest absolute Gasteiger partial charge is 0.463 e. The SMILES string of the molecule is CC(=O)OC[C@H]1O[C@@H](NC(=O)/C=C/c2ccccc2I)[C@H](OC(C)=O)[C@@H](OC(C)=O)[C@@H]1OC(C)=O. The van der Waals surface area contributed by atoms with Crippen molar-refractivity contribution in [2.75, 3.05) is 6.61 Å². The van der Waals surface area contributed by atoms with Gasteiger partial charge in [0.1, 0.15) is 12.7 Å². The van der Waals surface area contributed by atoms with Gasteiger partial charge < -0.3 is 29.0 Å². The van der Waals surface area contributed by atoms with Gasteiger partial charge in [0.05, 0.1) is 0 Å². The highest BCUT2D eigenvalue weighted by Gasteiger charge is 2.52. The number of halogens is 1. The summed E-state index contributed by atoms with van der Waals surface area (Å²) >= 11 is 2.12. The molecule has 1 aliphatic heterocycles. The molecule has 0 bridgehead atoms. The van der Waals surface area contributed by atoms with Crippen LogP contribution in [0.3, 0.4) is 0 Å². The Bertz CT molecular complexity index is 994. The first-order valence-electron chi connectivity index (χ1n) is 10.5. The van der Waals surface area contributed by atoms with Gasteiger partial charge in [-0.15, -0.1) is 0 Å². The van der Waals surface area contributed by atoms with Gasteiger partial charge in [-0.1, -0.05) is 18.2 Å².